The molecule has 9 heteroatoms. The van der Waals surface area contributed by atoms with Gasteiger partial charge >= 0.3 is 0 Å². The summed E-state index contributed by atoms with van der Waals surface area (Å²) in [6, 6.07) is 15.6. The van der Waals surface area contributed by atoms with Gasteiger partial charge in [-0.15, -0.1) is 11.3 Å². The molecule has 1 fully saturated rings. The summed E-state index contributed by atoms with van der Waals surface area (Å²) < 4.78 is 1.55. The first-order chi connectivity index (χ1) is 17.8. The van der Waals surface area contributed by atoms with E-state index in [1.807, 2.05) is 24.8 Å². The maximum atomic E-state index is 13.7. The smallest absolute Gasteiger partial charge is 0.267 e. The molecule has 192 valence electrons. The van der Waals surface area contributed by atoms with E-state index in [1.165, 1.54) is 28.7 Å². The minimum Gasteiger partial charge on any atom is -0.342 e. The van der Waals surface area contributed by atoms with E-state index in [0.717, 1.165) is 42.8 Å². The van der Waals surface area contributed by atoms with Gasteiger partial charge in [0, 0.05) is 18.0 Å². The van der Waals surface area contributed by atoms with Crippen LogP contribution in [0.4, 0.5) is 0 Å². The molecular weight excluding hydrogens is 545 g/mol. The number of thioether (sulfide) groups is 1. The molecule has 0 aliphatic carbocycles. The Morgan fingerprint density at radius 1 is 1.08 bits per heavy atom. The fourth-order valence-corrected chi connectivity index (χ4v) is 7.05. The van der Waals surface area contributed by atoms with Crippen molar-refractivity contribution in [3.63, 3.8) is 0 Å². The van der Waals surface area contributed by atoms with Crippen LogP contribution in [0.5, 0.6) is 0 Å². The highest BCUT2D eigenvalue weighted by Crippen LogP contribution is 2.31. The number of rotatable bonds is 6. The molecule has 0 bridgehead atoms. The zero-order chi connectivity index (χ0) is 26.1. The van der Waals surface area contributed by atoms with Crippen molar-refractivity contribution in [2.24, 2.45) is 5.92 Å². The van der Waals surface area contributed by atoms with Gasteiger partial charge < -0.3 is 4.90 Å². The van der Waals surface area contributed by atoms with Crippen molar-refractivity contribution in [2.45, 2.75) is 38.3 Å². The van der Waals surface area contributed by atoms with Crippen LogP contribution in [0.15, 0.2) is 58.5 Å². The van der Waals surface area contributed by atoms with Gasteiger partial charge in [0.05, 0.1) is 26.9 Å². The number of thiophene rings is 1. The Morgan fingerprint density at radius 2 is 1.81 bits per heavy atom. The number of halogens is 2. The number of carbonyl (C=O) groups excluding carboxylic acids is 1. The van der Waals surface area contributed by atoms with E-state index in [1.54, 1.807) is 22.8 Å². The van der Waals surface area contributed by atoms with Crippen LogP contribution in [0.3, 0.4) is 0 Å². The molecule has 5 nitrogen and oxygen atoms in total. The van der Waals surface area contributed by atoms with Gasteiger partial charge in [-0.25, -0.2) is 4.98 Å². The third-order valence-electron chi connectivity index (χ3n) is 6.99. The molecule has 3 heterocycles. The van der Waals surface area contributed by atoms with Gasteiger partial charge in [0.2, 0.25) is 5.91 Å². The lowest BCUT2D eigenvalue weighted by atomic mass is 9.90. The number of fused-ring (bicyclic) bond motifs is 1. The number of likely N-dealkylation sites (tertiary alicyclic amines) is 1. The molecule has 1 aliphatic rings. The monoisotopic (exact) mass is 571 g/mol. The number of aromatic nitrogens is 2. The average molecular weight is 573 g/mol. The normalized spacial score (nSPS) is 14.4. The summed E-state index contributed by atoms with van der Waals surface area (Å²) in [5.41, 5.74) is 2.69. The minimum absolute atomic E-state index is 0.0664. The molecule has 4 aromatic rings. The topological polar surface area (TPSA) is 55.2 Å². The Kier molecular flexibility index (Phi) is 7.96. The number of hydrogen-bond acceptors (Lipinski definition) is 5. The molecule has 0 spiro atoms. The molecule has 0 unspecified atom stereocenters. The van der Waals surface area contributed by atoms with Crippen LogP contribution in [-0.2, 0) is 11.2 Å². The maximum Gasteiger partial charge on any atom is 0.267 e. The van der Waals surface area contributed by atoms with E-state index in [2.05, 4.69) is 24.3 Å². The molecule has 0 N–H and O–H groups in total. The Hall–Kier alpha value is -2.32. The summed E-state index contributed by atoms with van der Waals surface area (Å²) in [5, 5.41) is 1.85. The van der Waals surface area contributed by atoms with Crippen LogP contribution >= 0.6 is 46.3 Å². The molecule has 0 atom stereocenters. The Bertz CT molecular complexity index is 1510. The van der Waals surface area contributed by atoms with Crippen molar-refractivity contribution < 1.29 is 4.79 Å². The number of nitrogens with zero attached hydrogens (tertiary/aromatic N) is 3. The highest BCUT2D eigenvalue weighted by molar-refractivity contribution is 7.99. The van der Waals surface area contributed by atoms with Gasteiger partial charge in [0.1, 0.15) is 4.83 Å². The van der Waals surface area contributed by atoms with E-state index < -0.39 is 0 Å². The molecule has 1 aliphatic heterocycles. The van der Waals surface area contributed by atoms with Crippen LogP contribution < -0.4 is 5.56 Å². The van der Waals surface area contributed by atoms with Gasteiger partial charge in [-0.05, 0) is 68.4 Å². The fraction of sp³-hybridized carbons (Fsp3) is 0.321. The molecule has 1 amide bonds. The van der Waals surface area contributed by atoms with Crippen molar-refractivity contribution in [3.8, 4) is 5.69 Å². The minimum atomic E-state index is -0.165. The summed E-state index contributed by atoms with van der Waals surface area (Å²) in [7, 11) is 0. The van der Waals surface area contributed by atoms with Crippen molar-refractivity contribution in [1.29, 1.82) is 0 Å². The Morgan fingerprint density at radius 3 is 2.51 bits per heavy atom. The molecule has 2 aromatic carbocycles. The maximum absolute atomic E-state index is 13.7. The highest BCUT2D eigenvalue weighted by atomic mass is 35.5. The second kappa shape index (κ2) is 11.2. The van der Waals surface area contributed by atoms with E-state index in [-0.39, 0.29) is 17.2 Å². The lowest BCUT2D eigenvalue weighted by Crippen LogP contribution is -2.40. The molecule has 0 saturated carbocycles. The van der Waals surface area contributed by atoms with Crippen LogP contribution in [0.1, 0.15) is 28.8 Å². The number of piperidine rings is 1. The fourth-order valence-electron chi connectivity index (χ4n) is 4.78. The molecular formula is C28H27Cl2N3O2S2. The summed E-state index contributed by atoms with van der Waals surface area (Å²) in [6.07, 6.45) is 3.05. The van der Waals surface area contributed by atoms with Gasteiger partial charge in [0.25, 0.3) is 5.56 Å². The summed E-state index contributed by atoms with van der Waals surface area (Å²) >= 11 is 15.2. The molecule has 0 radical (unpaired) electrons. The predicted molar refractivity (Wildman–Crippen MR) is 155 cm³/mol. The van der Waals surface area contributed by atoms with Crippen LogP contribution in [-0.4, -0.2) is 39.2 Å². The molecule has 37 heavy (non-hydrogen) atoms. The number of benzene rings is 2. The zero-order valence-corrected chi connectivity index (χ0v) is 23.8. The number of aryl methyl sites for hydroxylation is 2. The first-order valence-corrected chi connectivity index (χ1v) is 14.8. The third kappa shape index (κ3) is 5.60. The second-order valence-corrected chi connectivity index (χ2v) is 12.4. The van der Waals surface area contributed by atoms with Crippen molar-refractivity contribution in [3.05, 3.63) is 84.9 Å². The summed E-state index contributed by atoms with van der Waals surface area (Å²) in [5.74, 6) is 0.872. The van der Waals surface area contributed by atoms with E-state index in [0.29, 0.717) is 37.0 Å². The number of amides is 1. The lowest BCUT2D eigenvalue weighted by Gasteiger charge is -2.32. The largest absolute Gasteiger partial charge is 0.342 e. The van der Waals surface area contributed by atoms with E-state index in [4.69, 9.17) is 28.2 Å². The summed E-state index contributed by atoms with van der Waals surface area (Å²) in [6.45, 7) is 5.44. The van der Waals surface area contributed by atoms with Gasteiger partial charge in [-0.1, -0.05) is 65.3 Å². The molecule has 2 aromatic heterocycles. The Labute approximate surface area is 234 Å². The first-order valence-electron chi connectivity index (χ1n) is 12.2. The zero-order valence-electron chi connectivity index (χ0n) is 20.7. The van der Waals surface area contributed by atoms with Crippen molar-refractivity contribution in [2.75, 3.05) is 18.8 Å². The highest BCUT2D eigenvalue weighted by Gasteiger charge is 2.24. The van der Waals surface area contributed by atoms with E-state index >= 15 is 0 Å². The Balaban J connectivity index is 1.34. The first kappa shape index (κ1) is 26.3. The van der Waals surface area contributed by atoms with Crippen molar-refractivity contribution in [1.82, 2.24) is 14.5 Å². The molecule has 5 rings (SSSR count). The van der Waals surface area contributed by atoms with Crippen LogP contribution in [0.2, 0.25) is 10.0 Å². The van der Waals surface area contributed by atoms with Crippen molar-refractivity contribution >= 4 is 62.4 Å². The second-order valence-electron chi connectivity index (χ2n) is 9.40. The third-order valence-corrected chi connectivity index (χ3v) is 9.76. The van der Waals surface area contributed by atoms with Crippen LogP contribution in [0.25, 0.3) is 15.9 Å². The quantitative estimate of drug-likeness (QED) is 0.186. The van der Waals surface area contributed by atoms with Gasteiger partial charge in [0.15, 0.2) is 5.16 Å². The van der Waals surface area contributed by atoms with Crippen LogP contribution in [0, 0.1) is 19.8 Å². The number of carbonyl (C=O) groups is 1. The van der Waals surface area contributed by atoms with E-state index in [9.17, 15) is 9.59 Å². The SMILES string of the molecule is Cc1sc2nc(SCC(=O)N3CCC(Cc4ccccc4)CC3)n(-c3ccc(Cl)c(Cl)c3)c(=O)c2c1C. The molecule has 1 saturated heterocycles. The van der Waals surface area contributed by atoms with Gasteiger partial charge in [-0.3, -0.25) is 14.2 Å². The summed E-state index contributed by atoms with van der Waals surface area (Å²) in [4.78, 5) is 35.3. The average Bonchev–Trinajstić information content (AvgIpc) is 3.18. The van der Waals surface area contributed by atoms with Gasteiger partial charge in [-0.2, -0.15) is 0 Å². The lowest BCUT2D eigenvalue weighted by molar-refractivity contribution is -0.129. The standard InChI is InChI=1S/C28H27Cl2N3O2S2/c1-17-18(2)37-26-25(17)27(35)33(21-8-9-22(29)23(30)15-21)28(31-26)36-16-24(34)32-12-10-20(11-13-32)14-19-6-4-3-5-7-19/h3-9,15,20H,10-14,16H2,1-2H3. The predicted octanol–water partition coefficient (Wildman–Crippen LogP) is 6.94. The number of hydrogen-bond donors (Lipinski definition) is 0.